The summed E-state index contributed by atoms with van der Waals surface area (Å²) in [7, 11) is 0. The molecule has 1 aromatic heterocycles. The van der Waals surface area contributed by atoms with Crippen molar-refractivity contribution in [2.24, 2.45) is 5.92 Å². The molecule has 2 atom stereocenters. The van der Waals surface area contributed by atoms with E-state index in [1.807, 2.05) is 5.38 Å². The molecule has 0 spiro atoms. The minimum Gasteiger partial charge on any atom is -0.359 e. The molecule has 0 radical (unpaired) electrons. The monoisotopic (exact) mass is 245 g/mol. The molecule has 0 amide bonds. The second kappa shape index (κ2) is 5.14. The van der Waals surface area contributed by atoms with Crippen molar-refractivity contribution in [3.8, 4) is 0 Å². The summed E-state index contributed by atoms with van der Waals surface area (Å²) in [6.45, 7) is 4.48. The van der Waals surface area contributed by atoms with Crippen molar-refractivity contribution in [3.05, 3.63) is 10.5 Å². The second-order valence-corrected chi connectivity index (χ2v) is 5.26. The first kappa shape index (κ1) is 11.2. The minimum atomic E-state index is 0.458. The van der Waals surface area contributed by atoms with Crippen LogP contribution in [-0.2, 0) is 0 Å². The molecular weight excluding hydrogens is 230 g/mol. The number of aromatic nitrogens is 1. The lowest BCUT2D eigenvalue weighted by Crippen LogP contribution is -2.38. The van der Waals surface area contributed by atoms with Gasteiger partial charge in [0.05, 0.1) is 0 Å². The Kier molecular flexibility index (Phi) is 3.83. The van der Waals surface area contributed by atoms with E-state index in [0.717, 1.165) is 18.2 Å². The SMILES string of the molecule is CC(Nc1nc(Cl)cs1)C1CCCNC1. The summed E-state index contributed by atoms with van der Waals surface area (Å²) in [5, 5.41) is 10.2. The van der Waals surface area contributed by atoms with E-state index in [-0.39, 0.29) is 0 Å². The van der Waals surface area contributed by atoms with E-state index in [1.54, 1.807) is 11.3 Å². The summed E-state index contributed by atoms with van der Waals surface area (Å²) < 4.78 is 0. The molecule has 1 aliphatic heterocycles. The number of anilines is 1. The standard InChI is InChI=1S/C10H16ClN3S/c1-7(8-3-2-4-12-5-8)13-10-14-9(11)6-15-10/h6-8,12H,2-5H2,1H3,(H,13,14). The summed E-state index contributed by atoms with van der Waals surface area (Å²) in [5.74, 6) is 0.696. The van der Waals surface area contributed by atoms with Gasteiger partial charge in [-0.25, -0.2) is 4.98 Å². The third kappa shape index (κ3) is 3.06. The number of nitrogens with zero attached hydrogens (tertiary/aromatic N) is 1. The fourth-order valence-electron chi connectivity index (χ4n) is 1.94. The topological polar surface area (TPSA) is 37.0 Å². The maximum atomic E-state index is 5.78. The van der Waals surface area contributed by atoms with Gasteiger partial charge >= 0.3 is 0 Å². The van der Waals surface area contributed by atoms with E-state index in [2.05, 4.69) is 22.5 Å². The Morgan fingerprint density at radius 1 is 1.73 bits per heavy atom. The summed E-state index contributed by atoms with van der Waals surface area (Å²) in [6, 6.07) is 0.458. The number of hydrogen-bond donors (Lipinski definition) is 2. The number of rotatable bonds is 3. The van der Waals surface area contributed by atoms with Crippen LogP contribution in [-0.4, -0.2) is 24.1 Å². The number of hydrogen-bond acceptors (Lipinski definition) is 4. The Morgan fingerprint density at radius 3 is 3.20 bits per heavy atom. The Bertz CT molecular complexity index is 309. The Hall–Kier alpha value is -0.320. The van der Waals surface area contributed by atoms with E-state index in [1.165, 1.54) is 12.8 Å². The predicted octanol–water partition coefficient (Wildman–Crippen LogP) is 2.60. The molecule has 2 heterocycles. The highest BCUT2D eigenvalue weighted by atomic mass is 35.5. The lowest BCUT2D eigenvalue weighted by molar-refractivity contribution is 0.347. The van der Waals surface area contributed by atoms with Crippen molar-refractivity contribution in [1.82, 2.24) is 10.3 Å². The van der Waals surface area contributed by atoms with Gasteiger partial charge in [0.15, 0.2) is 5.13 Å². The van der Waals surface area contributed by atoms with Gasteiger partial charge in [-0.15, -0.1) is 11.3 Å². The highest BCUT2D eigenvalue weighted by Crippen LogP contribution is 2.23. The lowest BCUT2D eigenvalue weighted by atomic mass is 9.93. The number of halogens is 1. The van der Waals surface area contributed by atoms with Gasteiger partial charge < -0.3 is 10.6 Å². The zero-order valence-corrected chi connectivity index (χ0v) is 10.4. The average molecular weight is 246 g/mol. The smallest absolute Gasteiger partial charge is 0.184 e. The lowest BCUT2D eigenvalue weighted by Gasteiger charge is -2.28. The van der Waals surface area contributed by atoms with Crippen LogP contribution in [0, 0.1) is 5.92 Å². The van der Waals surface area contributed by atoms with Crippen molar-refractivity contribution in [2.45, 2.75) is 25.8 Å². The van der Waals surface area contributed by atoms with Gasteiger partial charge in [0.2, 0.25) is 0 Å². The minimum absolute atomic E-state index is 0.458. The third-order valence-electron chi connectivity index (χ3n) is 2.87. The molecule has 0 saturated carbocycles. The zero-order valence-electron chi connectivity index (χ0n) is 8.79. The molecular formula is C10H16ClN3S. The van der Waals surface area contributed by atoms with Crippen molar-refractivity contribution in [1.29, 1.82) is 0 Å². The second-order valence-electron chi connectivity index (χ2n) is 4.01. The van der Waals surface area contributed by atoms with Crippen LogP contribution in [0.1, 0.15) is 19.8 Å². The van der Waals surface area contributed by atoms with Crippen LogP contribution in [0.2, 0.25) is 5.15 Å². The summed E-state index contributed by atoms with van der Waals surface area (Å²) in [4.78, 5) is 4.20. The van der Waals surface area contributed by atoms with E-state index >= 15 is 0 Å². The van der Waals surface area contributed by atoms with Crippen LogP contribution in [0.4, 0.5) is 5.13 Å². The first-order valence-electron chi connectivity index (χ1n) is 5.34. The van der Waals surface area contributed by atoms with Gasteiger partial charge in [-0.05, 0) is 38.8 Å². The molecule has 0 bridgehead atoms. The Balaban J connectivity index is 1.88. The predicted molar refractivity (Wildman–Crippen MR) is 65.8 cm³/mol. The molecule has 15 heavy (non-hydrogen) atoms. The molecule has 1 saturated heterocycles. The van der Waals surface area contributed by atoms with Crippen molar-refractivity contribution in [2.75, 3.05) is 18.4 Å². The first-order chi connectivity index (χ1) is 7.25. The molecule has 0 aromatic carbocycles. The number of thiazole rings is 1. The molecule has 2 N–H and O–H groups in total. The molecule has 5 heteroatoms. The van der Waals surface area contributed by atoms with E-state index in [9.17, 15) is 0 Å². The van der Waals surface area contributed by atoms with Crippen LogP contribution in [0.15, 0.2) is 5.38 Å². The normalized spacial score (nSPS) is 23.7. The van der Waals surface area contributed by atoms with Gasteiger partial charge in [0, 0.05) is 11.4 Å². The van der Waals surface area contributed by atoms with Crippen LogP contribution >= 0.6 is 22.9 Å². The van der Waals surface area contributed by atoms with E-state index in [4.69, 9.17) is 11.6 Å². The maximum Gasteiger partial charge on any atom is 0.184 e. The van der Waals surface area contributed by atoms with Gasteiger partial charge in [-0.2, -0.15) is 0 Å². The van der Waals surface area contributed by atoms with Crippen LogP contribution in [0.3, 0.4) is 0 Å². The van der Waals surface area contributed by atoms with Crippen molar-refractivity contribution in [3.63, 3.8) is 0 Å². The zero-order chi connectivity index (χ0) is 10.7. The average Bonchev–Trinajstić information content (AvgIpc) is 2.65. The Morgan fingerprint density at radius 2 is 2.60 bits per heavy atom. The number of nitrogens with one attached hydrogen (secondary N) is 2. The van der Waals surface area contributed by atoms with Crippen molar-refractivity contribution < 1.29 is 0 Å². The highest BCUT2D eigenvalue weighted by molar-refractivity contribution is 7.14. The first-order valence-corrected chi connectivity index (χ1v) is 6.60. The van der Waals surface area contributed by atoms with Crippen molar-refractivity contribution >= 4 is 28.1 Å². The van der Waals surface area contributed by atoms with Gasteiger partial charge in [0.25, 0.3) is 0 Å². The molecule has 3 nitrogen and oxygen atoms in total. The third-order valence-corrected chi connectivity index (χ3v) is 3.97. The van der Waals surface area contributed by atoms with Gasteiger partial charge in [-0.1, -0.05) is 11.6 Å². The molecule has 1 fully saturated rings. The molecule has 84 valence electrons. The van der Waals surface area contributed by atoms with Gasteiger partial charge in [0.1, 0.15) is 5.15 Å². The molecule has 1 aromatic rings. The van der Waals surface area contributed by atoms with E-state index in [0.29, 0.717) is 17.1 Å². The quantitative estimate of drug-likeness (QED) is 0.860. The molecule has 2 rings (SSSR count). The summed E-state index contributed by atoms with van der Waals surface area (Å²) in [5.41, 5.74) is 0. The molecule has 1 aliphatic rings. The fourth-order valence-corrected chi connectivity index (χ4v) is 2.87. The molecule has 0 aliphatic carbocycles. The fraction of sp³-hybridized carbons (Fsp3) is 0.700. The largest absolute Gasteiger partial charge is 0.359 e. The van der Waals surface area contributed by atoms with Crippen LogP contribution in [0.25, 0.3) is 0 Å². The van der Waals surface area contributed by atoms with Crippen LogP contribution < -0.4 is 10.6 Å². The maximum absolute atomic E-state index is 5.78. The molecule has 2 unspecified atom stereocenters. The highest BCUT2D eigenvalue weighted by Gasteiger charge is 2.20. The summed E-state index contributed by atoms with van der Waals surface area (Å²) >= 11 is 7.34. The van der Waals surface area contributed by atoms with E-state index < -0.39 is 0 Å². The van der Waals surface area contributed by atoms with Crippen LogP contribution in [0.5, 0.6) is 0 Å². The summed E-state index contributed by atoms with van der Waals surface area (Å²) in [6.07, 6.45) is 2.57. The van der Waals surface area contributed by atoms with Gasteiger partial charge in [-0.3, -0.25) is 0 Å². The Labute approximate surface area is 99.2 Å². The number of piperidine rings is 1.